The van der Waals surface area contributed by atoms with Gasteiger partial charge in [-0.2, -0.15) is 0 Å². The predicted octanol–water partition coefficient (Wildman–Crippen LogP) is 4.34. The van der Waals surface area contributed by atoms with Gasteiger partial charge >= 0.3 is 0 Å². The van der Waals surface area contributed by atoms with Gasteiger partial charge in [-0.1, -0.05) is 53.6 Å². The number of sulfonamides is 1. The van der Waals surface area contributed by atoms with Crippen LogP contribution in [0.25, 0.3) is 11.1 Å². The van der Waals surface area contributed by atoms with Crippen LogP contribution in [0.3, 0.4) is 0 Å². The van der Waals surface area contributed by atoms with Crippen molar-refractivity contribution in [2.75, 3.05) is 6.26 Å². The van der Waals surface area contributed by atoms with Gasteiger partial charge < -0.3 is 4.57 Å². The van der Waals surface area contributed by atoms with E-state index in [0.717, 1.165) is 27.8 Å². The molecule has 3 aromatic rings. The lowest BCUT2D eigenvalue weighted by molar-refractivity contribution is 0.424. The fraction of sp³-hybridized carbons (Fsp3) is 0.370. The van der Waals surface area contributed by atoms with E-state index in [4.69, 9.17) is 0 Å². The van der Waals surface area contributed by atoms with Crippen molar-refractivity contribution in [3.05, 3.63) is 92.9 Å². The Balaban J connectivity index is 1.77. The molecule has 0 saturated carbocycles. The summed E-state index contributed by atoms with van der Waals surface area (Å²) in [4.78, 5) is 13.3. The van der Waals surface area contributed by atoms with Crippen molar-refractivity contribution in [2.24, 2.45) is 0 Å². The molecule has 0 fully saturated rings. The van der Waals surface area contributed by atoms with E-state index < -0.39 is 10.0 Å². The lowest BCUT2D eigenvalue weighted by atomic mass is 9.77. The van der Waals surface area contributed by atoms with Gasteiger partial charge in [0.15, 0.2) is 0 Å². The normalized spacial score (nSPS) is 18.2. The molecular weight excluding hydrogens is 432 g/mol. The molecular formula is C27H32N2O3S. The van der Waals surface area contributed by atoms with Crippen molar-refractivity contribution in [1.29, 1.82) is 0 Å². The molecule has 5 nitrogen and oxygen atoms in total. The maximum atomic E-state index is 13.3. The summed E-state index contributed by atoms with van der Waals surface area (Å²) in [7, 11) is -3.40. The van der Waals surface area contributed by atoms with Crippen LogP contribution < -0.4 is 10.3 Å². The molecule has 0 aliphatic heterocycles. The van der Waals surface area contributed by atoms with E-state index in [-0.39, 0.29) is 17.5 Å². The lowest BCUT2D eigenvalue weighted by Crippen LogP contribution is -2.45. The van der Waals surface area contributed by atoms with Crippen LogP contribution in [0.2, 0.25) is 0 Å². The van der Waals surface area contributed by atoms with Crippen molar-refractivity contribution in [3.8, 4) is 11.1 Å². The second kappa shape index (κ2) is 9.27. The van der Waals surface area contributed by atoms with E-state index in [1.165, 1.54) is 17.4 Å². The largest absolute Gasteiger partial charge is 0.316 e. The number of hydrogen-bond donors (Lipinski definition) is 1. The molecule has 0 bridgehead atoms. The van der Waals surface area contributed by atoms with Gasteiger partial charge in [-0.15, -0.1) is 0 Å². The van der Waals surface area contributed by atoms with Crippen LogP contribution in [0.1, 0.15) is 47.1 Å². The summed E-state index contributed by atoms with van der Waals surface area (Å²) >= 11 is 0. The number of fused-ring (bicyclic) bond motifs is 1. The fourth-order valence-corrected chi connectivity index (χ4v) is 5.97. The Kier molecular flexibility index (Phi) is 6.59. The van der Waals surface area contributed by atoms with Gasteiger partial charge in [0.25, 0.3) is 5.56 Å². The molecule has 0 unspecified atom stereocenters. The molecule has 2 atom stereocenters. The number of rotatable bonds is 6. The molecule has 33 heavy (non-hydrogen) atoms. The monoisotopic (exact) mass is 464 g/mol. The Bertz CT molecular complexity index is 1320. The highest BCUT2D eigenvalue weighted by molar-refractivity contribution is 7.88. The van der Waals surface area contributed by atoms with E-state index in [2.05, 4.69) is 55.0 Å². The Morgan fingerprint density at radius 3 is 2.42 bits per heavy atom. The van der Waals surface area contributed by atoms with E-state index in [1.807, 2.05) is 25.3 Å². The van der Waals surface area contributed by atoms with E-state index in [1.54, 1.807) is 4.57 Å². The third-order valence-electron chi connectivity index (χ3n) is 6.52. The third-order valence-corrected chi connectivity index (χ3v) is 7.25. The molecule has 6 heteroatoms. The summed E-state index contributed by atoms with van der Waals surface area (Å²) in [5.41, 5.74) is 7.60. The minimum Gasteiger partial charge on any atom is -0.316 e. The van der Waals surface area contributed by atoms with Gasteiger partial charge in [0, 0.05) is 30.3 Å². The number of nitrogens with one attached hydrogen (secondary N) is 1. The molecule has 1 N–H and O–H groups in total. The van der Waals surface area contributed by atoms with Crippen molar-refractivity contribution in [3.63, 3.8) is 0 Å². The highest BCUT2D eigenvalue weighted by atomic mass is 32.2. The topological polar surface area (TPSA) is 68.2 Å². The molecule has 174 valence electrons. The second-order valence-electron chi connectivity index (χ2n) is 9.27. The highest BCUT2D eigenvalue weighted by Gasteiger charge is 2.34. The number of pyridine rings is 1. The Morgan fingerprint density at radius 1 is 1.03 bits per heavy atom. The number of aromatic nitrogens is 1. The zero-order chi connectivity index (χ0) is 23.8. The summed E-state index contributed by atoms with van der Waals surface area (Å²) in [5, 5.41) is 0. The summed E-state index contributed by atoms with van der Waals surface area (Å²) in [6.07, 6.45) is 5.01. The lowest BCUT2D eigenvalue weighted by Gasteiger charge is -2.33. The Hall–Kier alpha value is -2.70. The zero-order valence-electron chi connectivity index (χ0n) is 19.8. The smallest absolute Gasteiger partial charge is 0.254 e. The minimum atomic E-state index is -3.40. The van der Waals surface area contributed by atoms with E-state index >= 15 is 0 Å². The number of nitrogens with zero attached hydrogens (tertiary/aromatic N) is 1. The third kappa shape index (κ3) is 5.28. The van der Waals surface area contributed by atoms with Crippen LogP contribution in [-0.2, 0) is 29.4 Å². The van der Waals surface area contributed by atoms with Gasteiger partial charge in [0.2, 0.25) is 10.0 Å². The molecule has 0 spiro atoms. The molecule has 0 amide bonds. The summed E-state index contributed by atoms with van der Waals surface area (Å²) in [6.45, 7) is 6.73. The van der Waals surface area contributed by atoms with Crippen molar-refractivity contribution in [1.82, 2.24) is 9.29 Å². The molecule has 1 aliphatic carbocycles. The summed E-state index contributed by atoms with van der Waals surface area (Å²) in [6, 6.07) is 16.6. The van der Waals surface area contributed by atoms with E-state index in [9.17, 15) is 13.2 Å². The van der Waals surface area contributed by atoms with Crippen LogP contribution in [0.4, 0.5) is 0 Å². The van der Waals surface area contributed by atoms with Gasteiger partial charge in [-0.3, -0.25) is 4.79 Å². The number of benzene rings is 2. The predicted molar refractivity (Wildman–Crippen MR) is 134 cm³/mol. The van der Waals surface area contributed by atoms with Gasteiger partial charge in [0.1, 0.15) is 0 Å². The first kappa shape index (κ1) is 23.5. The first-order valence-corrected chi connectivity index (χ1v) is 13.4. The summed E-state index contributed by atoms with van der Waals surface area (Å²) < 4.78 is 28.8. The van der Waals surface area contributed by atoms with Crippen LogP contribution in [0, 0.1) is 13.8 Å². The standard InChI is InChI=1S/C27H32N2O3S/c1-5-29-12-11-21-9-10-25(28-33(4,31)32)24(26(21)27(29)30)17-20-7-6-8-22(16-20)23-14-18(2)13-19(3)15-23/h6-8,11-16,24-25,28H,5,9-10,17H2,1-4H3/t24-,25-/m0/s1. The van der Waals surface area contributed by atoms with Gasteiger partial charge in [-0.05, 0) is 68.4 Å². The average Bonchev–Trinajstić information content (AvgIpc) is 2.74. The quantitative estimate of drug-likeness (QED) is 0.590. The molecule has 1 aromatic heterocycles. The van der Waals surface area contributed by atoms with Crippen LogP contribution >= 0.6 is 0 Å². The zero-order valence-corrected chi connectivity index (χ0v) is 20.6. The maximum Gasteiger partial charge on any atom is 0.254 e. The first-order valence-electron chi connectivity index (χ1n) is 11.5. The summed E-state index contributed by atoms with van der Waals surface area (Å²) in [5.74, 6) is -0.218. The van der Waals surface area contributed by atoms with Gasteiger partial charge in [0.05, 0.1) is 6.26 Å². The van der Waals surface area contributed by atoms with Crippen molar-refractivity contribution < 1.29 is 8.42 Å². The number of hydrogen-bond acceptors (Lipinski definition) is 3. The van der Waals surface area contributed by atoms with Crippen molar-refractivity contribution >= 4 is 10.0 Å². The fourth-order valence-electron chi connectivity index (χ4n) is 5.14. The van der Waals surface area contributed by atoms with Crippen LogP contribution in [0.5, 0.6) is 0 Å². The molecule has 1 heterocycles. The molecule has 0 radical (unpaired) electrons. The molecule has 4 rings (SSSR count). The number of aryl methyl sites for hydroxylation is 4. The Labute approximate surface area is 196 Å². The van der Waals surface area contributed by atoms with Crippen molar-refractivity contribution in [2.45, 2.75) is 58.5 Å². The van der Waals surface area contributed by atoms with Gasteiger partial charge in [-0.25, -0.2) is 13.1 Å². The second-order valence-corrected chi connectivity index (χ2v) is 11.0. The average molecular weight is 465 g/mol. The highest BCUT2D eigenvalue weighted by Crippen LogP contribution is 2.34. The Morgan fingerprint density at radius 2 is 1.76 bits per heavy atom. The molecule has 0 saturated heterocycles. The first-order chi connectivity index (χ1) is 15.6. The maximum absolute atomic E-state index is 13.3. The van der Waals surface area contributed by atoms with Crippen LogP contribution in [0.15, 0.2) is 59.5 Å². The van der Waals surface area contributed by atoms with E-state index in [0.29, 0.717) is 25.8 Å². The molecule has 1 aliphatic rings. The molecule has 2 aromatic carbocycles. The van der Waals surface area contributed by atoms with Crippen LogP contribution in [-0.4, -0.2) is 25.3 Å². The SMILES string of the molecule is CCn1ccc2c(c1=O)[C@@H](Cc1cccc(-c3cc(C)cc(C)c3)c1)[C@@H](NS(C)(=O)=O)CC2. The minimum absolute atomic E-state index is 0.00883.